The molecule has 134 valence electrons. The van der Waals surface area contributed by atoms with Crippen molar-refractivity contribution in [2.75, 3.05) is 11.1 Å². The van der Waals surface area contributed by atoms with Crippen LogP contribution in [0.25, 0.3) is 0 Å². The highest BCUT2D eigenvalue weighted by atomic mass is 79.9. The van der Waals surface area contributed by atoms with E-state index in [-0.39, 0.29) is 11.7 Å². The summed E-state index contributed by atoms with van der Waals surface area (Å²) in [5.74, 6) is 0.209. The van der Waals surface area contributed by atoms with Crippen molar-refractivity contribution in [2.24, 2.45) is 9.98 Å². The molecule has 2 aromatic carbocycles. The van der Waals surface area contributed by atoms with Crippen LogP contribution in [0.15, 0.2) is 67.5 Å². The van der Waals surface area contributed by atoms with Crippen molar-refractivity contribution in [1.29, 1.82) is 0 Å². The minimum Gasteiger partial charge on any atom is -0.325 e. The van der Waals surface area contributed by atoms with E-state index in [0.717, 1.165) is 31.0 Å². The number of hydrogen-bond acceptors (Lipinski definition) is 4. The van der Waals surface area contributed by atoms with Crippen LogP contribution >= 0.6 is 43.6 Å². The summed E-state index contributed by atoms with van der Waals surface area (Å²) >= 11 is 8.24. The average Bonchev–Trinajstić information content (AvgIpc) is 2.91. The van der Waals surface area contributed by atoms with Gasteiger partial charge in [-0.2, -0.15) is 0 Å². The Morgan fingerprint density at radius 3 is 2.19 bits per heavy atom. The number of nitrogens with zero attached hydrogens (tertiary/aromatic N) is 2. The number of aliphatic imine (C=N–C) groups is 2. The topological polar surface area (TPSA) is 53.8 Å². The minimum absolute atomic E-state index is 0.0696. The highest BCUT2D eigenvalue weighted by Gasteiger charge is 2.28. The summed E-state index contributed by atoms with van der Waals surface area (Å²) in [7, 11) is 0. The van der Waals surface area contributed by atoms with Crippen molar-refractivity contribution in [3.8, 4) is 0 Å². The highest BCUT2D eigenvalue weighted by molar-refractivity contribution is 9.10. The summed E-state index contributed by atoms with van der Waals surface area (Å²) in [6, 6.07) is 15.5. The van der Waals surface area contributed by atoms with Gasteiger partial charge in [-0.25, -0.2) is 4.99 Å². The van der Waals surface area contributed by atoms with Crippen LogP contribution in [0.2, 0.25) is 0 Å². The number of halogens is 2. The Bertz CT molecular complexity index is 875. The molecular weight excluding hydrogens is 478 g/mol. The maximum atomic E-state index is 12.3. The van der Waals surface area contributed by atoms with Gasteiger partial charge in [-0.15, -0.1) is 0 Å². The third kappa shape index (κ3) is 5.05. The van der Waals surface area contributed by atoms with Crippen LogP contribution in [-0.4, -0.2) is 28.1 Å². The normalized spacial score (nSPS) is 15.4. The van der Waals surface area contributed by atoms with Crippen LogP contribution in [0.4, 0.5) is 5.69 Å². The van der Waals surface area contributed by atoms with Gasteiger partial charge >= 0.3 is 0 Å². The van der Waals surface area contributed by atoms with Crippen LogP contribution in [0.3, 0.4) is 0 Å². The molecule has 0 spiro atoms. The molecule has 0 radical (unpaired) electrons. The SMILES string of the molecule is CC1(C)N=C(SCC(=O)Nc2ccc(Br)cc2)C(c2ccc(Br)cc2)=N1. The number of amides is 1. The molecule has 1 aliphatic rings. The Morgan fingerprint density at radius 1 is 1.00 bits per heavy atom. The number of carbonyl (C=O) groups excluding carboxylic acids is 1. The van der Waals surface area contributed by atoms with E-state index >= 15 is 0 Å². The smallest absolute Gasteiger partial charge is 0.234 e. The number of anilines is 1. The molecule has 1 aliphatic heterocycles. The van der Waals surface area contributed by atoms with E-state index in [1.54, 1.807) is 0 Å². The molecular formula is C19H17Br2N3OS. The summed E-state index contributed by atoms with van der Waals surface area (Å²) in [6.07, 6.45) is 0. The zero-order valence-electron chi connectivity index (χ0n) is 14.3. The molecule has 0 aliphatic carbocycles. The molecule has 0 saturated carbocycles. The van der Waals surface area contributed by atoms with Crippen molar-refractivity contribution < 1.29 is 4.79 Å². The molecule has 0 unspecified atom stereocenters. The van der Waals surface area contributed by atoms with Crippen LogP contribution in [-0.2, 0) is 4.79 Å². The number of nitrogens with one attached hydrogen (secondary N) is 1. The van der Waals surface area contributed by atoms with E-state index in [2.05, 4.69) is 42.2 Å². The molecule has 1 heterocycles. The Balaban J connectivity index is 1.67. The molecule has 0 aromatic heterocycles. The third-order valence-corrected chi connectivity index (χ3v) is 5.57. The predicted molar refractivity (Wildman–Crippen MR) is 117 cm³/mol. The minimum atomic E-state index is -0.507. The fraction of sp³-hybridized carbons (Fsp3) is 0.211. The summed E-state index contributed by atoms with van der Waals surface area (Å²) in [5.41, 5.74) is 2.10. The van der Waals surface area contributed by atoms with Gasteiger partial charge in [0.2, 0.25) is 5.91 Å². The third-order valence-electron chi connectivity index (χ3n) is 3.55. The number of hydrogen-bond donors (Lipinski definition) is 1. The molecule has 0 fully saturated rings. The standard InChI is InChI=1S/C19H17Br2N3OS/c1-19(2)23-17(12-3-5-13(20)6-4-12)18(24-19)26-11-16(25)22-15-9-7-14(21)8-10-15/h3-10H,11H2,1-2H3,(H,22,25). The lowest BCUT2D eigenvalue weighted by Crippen LogP contribution is -2.17. The Kier molecular flexibility index (Phi) is 5.99. The number of thioether (sulfide) groups is 1. The van der Waals surface area contributed by atoms with E-state index in [4.69, 9.17) is 4.99 Å². The average molecular weight is 495 g/mol. The largest absolute Gasteiger partial charge is 0.325 e. The van der Waals surface area contributed by atoms with Crippen molar-refractivity contribution in [3.05, 3.63) is 63.0 Å². The van der Waals surface area contributed by atoms with Gasteiger partial charge in [-0.1, -0.05) is 55.8 Å². The first-order valence-corrected chi connectivity index (χ1v) is 10.5. The first kappa shape index (κ1) is 19.3. The van der Waals surface area contributed by atoms with Gasteiger partial charge in [0.15, 0.2) is 0 Å². The second kappa shape index (κ2) is 8.06. The fourth-order valence-electron chi connectivity index (χ4n) is 2.41. The molecule has 4 nitrogen and oxygen atoms in total. The van der Waals surface area contributed by atoms with Gasteiger partial charge in [-0.3, -0.25) is 9.79 Å². The Morgan fingerprint density at radius 2 is 1.58 bits per heavy atom. The molecule has 7 heteroatoms. The zero-order chi connectivity index (χ0) is 18.7. The number of rotatable bonds is 4. The van der Waals surface area contributed by atoms with Gasteiger partial charge in [-0.05, 0) is 50.2 Å². The lowest BCUT2D eigenvalue weighted by atomic mass is 10.1. The highest BCUT2D eigenvalue weighted by Crippen LogP contribution is 2.27. The lowest BCUT2D eigenvalue weighted by Gasteiger charge is -2.07. The monoisotopic (exact) mass is 493 g/mol. The van der Waals surface area contributed by atoms with Gasteiger partial charge in [0.05, 0.1) is 11.5 Å². The molecule has 0 saturated heterocycles. The van der Waals surface area contributed by atoms with Crippen molar-refractivity contribution >= 4 is 66.0 Å². The molecule has 3 rings (SSSR count). The fourth-order valence-corrected chi connectivity index (χ4v) is 3.87. The van der Waals surface area contributed by atoms with E-state index in [1.807, 2.05) is 62.4 Å². The molecule has 0 atom stereocenters. The van der Waals surface area contributed by atoms with Crippen molar-refractivity contribution in [3.63, 3.8) is 0 Å². The van der Waals surface area contributed by atoms with Crippen LogP contribution in [0, 0.1) is 0 Å². The Labute approximate surface area is 173 Å². The van der Waals surface area contributed by atoms with E-state index in [9.17, 15) is 4.79 Å². The summed E-state index contributed by atoms with van der Waals surface area (Å²) in [5, 5.41) is 3.69. The van der Waals surface area contributed by atoms with Gasteiger partial charge < -0.3 is 5.32 Å². The van der Waals surface area contributed by atoms with E-state index in [0.29, 0.717) is 0 Å². The maximum Gasteiger partial charge on any atom is 0.234 e. The number of carbonyl (C=O) groups is 1. The molecule has 2 aromatic rings. The van der Waals surface area contributed by atoms with Gasteiger partial charge in [0, 0.05) is 20.2 Å². The zero-order valence-corrected chi connectivity index (χ0v) is 18.3. The summed E-state index contributed by atoms with van der Waals surface area (Å²) < 4.78 is 1.99. The first-order valence-electron chi connectivity index (χ1n) is 7.97. The second-order valence-corrected chi connectivity index (χ2v) is 9.02. The van der Waals surface area contributed by atoms with Crippen molar-refractivity contribution in [1.82, 2.24) is 0 Å². The number of benzene rings is 2. The molecule has 26 heavy (non-hydrogen) atoms. The van der Waals surface area contributed by atoms with E-state index < -0.39 is 5.66 Å². The maximum absolute atomic E-state index is 12.3. The molecule has 1 amide bonds. The molecule has 0 bridgehead atoms. The Hall–Kier alpha value is -1.44. The molecule has 1 N–H and O–H groups in total. The van der Waals surface area contributed by atoms with Crippen LogP contribution in [0.1, 0.15) is 19.4 Å². The predicted octanol–water partition coefficient (Wildman–Crippen LogP) is 5.52. The summed E-state index contributed by atoms with van der Waals surface area (Å²) in [4.78, 5) is 21.6. The second-order valence-electron chi connectivity index (χ2n) is 6.22. The van der Waals surface area contributed by atoms with Gasteiger partial charge in [0.25, 0.3) is 0 Å². The lowest BCUT2D eigenvalue weighted by molar-refractivity contribution is -0.113. The summed E-state index contributed by atoms with van der Waals surface area (Å²) in [6.45, 7) is 3.92. The van der Waals surface area contributed by atoms with Crippen LogP contribution < -0.4 is 5.32 Å². The first-order chi connectivity index (χ1) is 12.3. The van der Waals surface area contributed by atoms with Crippen molar-refractivity contribution in [2.45, 2.75) is 19.5 Å². The van der Waals surface area contributed by atoms with E-state index in [1.165, 1.54) is 11.8 Å². The quantitative estimate of drug-likeness (QED) is 0.608. The van der Waals surface area contributed by atoms with Gasteiger partial charge in [0.1, 0.15) is 10.7 Å². The van der Waals surface area contributed by atoms with Crippen LogP contribution in [0.5, 0.6) is 0 Å².